The van der Waals surface area contributed by atoms with Crippen LogP contribution in [0.25, 0.3) is 0 Å². The van der Waals surface area contributed by atoms with Crippen molar-refractivity contribution in [2.24, 2.45) is 0 Å². The van der Waals surface area contributed by atoms with E-state index in [0.29, 0.717) is 13.0 Å². The Morgan fingerprint density at radius 2 is 2.47 bits per heavy atom. The molecule has 1 aromatic rings. The molecule has 0 spiro atoms. The summed E-state index contributed by atoms with van der Waals surface area (Å²) in [5.74, 6) is -0.191. The van der Waals surface area contributed by atoms with E-state index in [1.165, 1.54) is 7.11 Å². The quantitative estimate of drug-likeness (QED) is 0.779. The fourth-order valence-corrected chi connectivity index (χ4v) is 1.88. The van der Waals surface area contributed by atoms with Gasteiger partial charge in [0.15, 0.2) is 0 Å². The summed E-state index contributed by atoms with van der Waals surface area (Å²) in [6.07, 6.45) is 0.393. The van der Waals surface area contributed by atoms with Crippen LogP contribution in [0.5, 0.6) is 0 Å². The molecule has 0 fully saturated rings. The van der Waals surface area contributed by atoms with E-state index >= 15 is 0 Å². The van der Waals surface area contributed by atoms with E-state index in [4.69, 9.17) is 0 Å². The normalized spacial score (nSPS) is 12.5. The molecule has 1 atom stereocenters. The second kappa shape index (κ2) is 5.82. The molecule has 84 valence electrons. The van der Waals surface area contributed by atoms with Crippen LogP contribution < -0.4 is 5.32 Å². The first kappa shape index (κ1) is 12.1. The van der Waals surface area contributed by atoms with Crippen molar-refractivity contribution in [3.05, 3.63) is 16.1 Å². The third-order valence-electron chi connectivity index (χ3n) is 2.09. The van der Waals surface area contributed by atoms with Gasteiger partial charge in [-0.15, -0.1) is 11.3 Å². The number of esters is 1. The number of aryl methyl sites for hydroxylation is 1. The Morgan fingerprint density at radius 3 is 3.00 bits per heavy atom. The first-order valence-corrected chi connectivity index (χ1v) is 5.73. The number of rotatable bonds is 5. The van der Waals surface area contributed by atoms with E-state index in [-0.39, 0.29) is 12.0 Å². The van der Waals surface area contributed by atoms with Gasteiger partial charge in [-0.1, -0.05) is 0 Å². The Balaban J connectivity index is 2.30. The maximum absolute atomic E-state index is 10.9. The summed E-state index contributed by atoms with van der Waals surface area (Å²) < 4.78 is 4.55. The lowest BCUT2D eigenvalue weighted by Crippen LogP contribution is -2.22. The van der Waals surface area contributed by atoms with E-state index in [2.05, 4.69) is 15.0 Å². The highest BCUT2D eigenvalue weighted by Crippen LogP contribution is 2.15. The Labute approximate surface area is 93.7 Å². The number of carbonyl (C=O) groups excluding carboxylic acids is 1. The van der Waals surface area contributed by atoms with Gasteiger partial charge in [-0.3, -0.25) is 4.79 Å². The Bertz CT molecular complexity index is 325. The summed E-state index contributed by atoms with van der Waals surface area (Å²) in [6.45, 7) is 4.63. The van der Waals surface area contributed by atoms with Gasteiger partial charge >= 0.3 is 5.97 Å². The van der Waals surface area contributed by atoms with Crippen molar-refractivity contribution in [3.63, 3.8) is 0 Å². The van der Waals surface area contributed by atoms with Crippen molar-refractivity contribution in [2.45, 2.75) is 26.3 Å². The summed E-state index contributed by atoms with van der Waals surface area (Å²) in [6, 6.07) is 0.180. The third kappa shape index (κ3) is 3.97. The fourth-order valence-electron chi connectivity index (χ4n) is 1.18. The van der Waals surface area contributed by atoms with Crippen LogP contribution in [0, 0.1) is 6.92 Å². The Kier molecular flexibility index (Phi) is 4.71. The van der Waals surface area contributed by atoms with Gasteiger partial charge in [-0.2, -0.15) is 0 Å². The molecule has 4 nitrogen and oxygen atoms in total. The van der Waals surface area contributed by atoms with Crippen LogP contribution in [0.1, 0.15) is 30.1 Å². The van der Waals surface area contributed by atoms with Gasteiger partial charge in [0, 0.05) is 18.0 Å². The molecule has 0 aromatic carbocycles. The van der Waals surface area contributed by atoms with Gasteiger partial charge in [0.25, 0.3) is 0 Å². The van der Waals surface area contributed by atoms with Crippen LogP contribution in [0.2, 0.25) is 0 Å². The minimum atomic E-state index is -0.191. The number of aromatic nitrogens is 1. The van der Waals surface area contributed by atoms with E-state index in [1.54, 1.807) is 11.3 Å². The third-order valence-corrected chi connectivity index (χ3v) is 2.88. The van der Waals surface area contributed by atoms with Crippen molar-refractivity contribution >= 4 is 17.3 Å². The van der Waals surface area contributed by atoms with Crippen LogP contribution in [0.4, 0.5) is 0 Å². The zero-order chi connectivity index (χ0) is 11.3. The first-order valence-electron chi connectivity index (χ1n) is 4.85. The number of hydrogen-bond acceptors (Lipinski definition) is 5. The van der Waals surface area contributed by atoms with Crippen LogP contribution in [-0.4, -0.2) is 24.6 Å². The van der Waals surface area contributed by atoms with Gasteiger partial charge in [-0.05, 0) is 13.8 Å². The predicted octanol–water partition coefficient (Wildman–Crippen LogP) is 1.67. The van der Waals surface area contributed by atoms with Crippen LogP contribution >= 0.6 is 11.3 Å². The molecule has 1 unspecified atom stereocenters. The van der Waals surface area contributed by atoms with E-state index < -0.39 is 0 Å². The lowest BCUT2D eigenvalue weighted by atomic mass is 10.2. The van der Waals surface area contributed by atoms with E-state index in [9.17, 15) is 4.79 Å². The molecule has 0 aliphatic heterocycles. The molecular weight excluding hydrogens is 212 g/mol. The molecule has 1 heterocycles. The highest BCUT2D eigenvalue weighted by atomic mass is 32.1. The molecule has 5 heteroatoms. The summed E-state index contributed by atoms with van der Waals surface area (Å²) in [7, 11) is 1.40. The number of ether oxygens (including phenoxy) is 1. The van der Waals surface area contributed by atoms with E-state index in [0.717, 1.165) is 10.7 Å². The average molecular weight is 228 g/mol. The number of methoxy groups -OCH3 is 1. The van der Waals surface area contributed by atoms with Gasteiger partial charge < -0.3 is 10.1 Å². The predicted molar refractivity (Wildman–Crippen MR) is 59.9 cm³/mol. The van der Waals surface area contributed by atoms with Gasteiger partial charge in [0.1, 0.15) is 0 Å². The number of nitrogens with zero attached hydrogens (tertiary/aromatic N) is 1. The van der Waals surface area contributed by atoms with Crippen molar-refractivity contribution in [2.75, 3.05) is 13.7 Å². The average Bonchev–Trinajstić information content (AvgIpc) is 2.64. The van der Waals surface area contributed by atoms with Crippen molar-refractivity contribution in [3.8, 4) is 0 Å². The molecule has 0 aliphatic rings. The SMILES string of the molecule is COC(=O)CCNC(C)c1csc(C)n1. The zero-order valence-corrected chi connectivity index (χ0v) is 10.1. The zero-order valence-electron chi connectivity index (χ0n) is 9.24. The number of thiazole rings is 1. The Hall–Kier alpha value is -0.940. The highest BCUT2D eigenvalue weighted by molar-refractivity contribution is 7.09. The van der Waals surface area contributed by atoms with Crippen molar-refractivity contribution in [1.82, 2.24) is 10.3 Å². The summed E-state index contributed by atoms with van der Waals surface area (Å²) in [5, 5.41) is 6.32. The monoisotopic (exact) mass is 228 g/mol. The van der Waals surface area contributed by atoms with Crippen molar-refractivity contribution < 1.29 is 9.53 Å². The molecule has 0 saturated heterocycles. The molecule has 1 aromatic heterocycles. The molecule has 0 radical (unpaired) electrons. The molecule has 1 rings (SSSR count). The second-order valence-corrected chi connectivity index (χ2v) is 4.36. The maximum Gasteiger partial charge on any atom is 0.306 e. The van der Waals surface area contributed by atoms with Crippen LogP contribution in [0.3, 0.4) is 0 Å². The maximum atomic E-state index is 10.9. The molecule has 1 N–H and O–H groups in total. The fraction of sp³-hybridized carbons (Fsp3) is 0.600. The minimum absolute atomic E-state index is 0.180. The van der Waals surface area contributed by atoms with Gasteiger partial charge in [0.2, 0.25) is 0 Å². The van der Waals surface area contributed by atoms with E-state index in [1.807, 2.05) is 19.2 Å². The van der Waals surface area contributed by atoms with Gasteiger partial charge in [-0.25, -0.2) is 4.98 Å². The summed E-state index contributed by atoms with van der Waals surface area (Å²) in [4.78, 5) is 15.2. The minimum Gasteiger partial charge on any atom is -0.469 e. The molecule has 0 saturated carbocycles. The lowest BCUT2D eigenvalue weighted by molar-refractivity contribution is -0.140. The molecule has 0 amide bonds. The first-order chi connectivity index (χ1) is 7.13. The lowest BCUT2D eigenvalue weighted by Gasteiger charge is -2.10. The standard InChI is InChI=1S/C10H16N2O2S/c1-7(9-6-15-8(2)12-9)11-5-4-10(13)14-3/h6-7,11H,4-5H2,1-3H3. The summed E-state index contributed by atoms with van der Waals surface area (Å²) >= 11 is 1.63. The van der Waals surface area contributed by atoms with Crippen molar-refractivity contribution in [1.29, 1.82) is 0 Å². The highest BCUT2D eigenvalue weighted by Gasteiger charge is 2.08. The molecule has 15 heavy (non-hydrogen) atoms. The number of hydrogen-bond donors (Lipinski definition) is 1. The smallest absolute Gasteiger partial charge is 0.306 e. The number of nitrogens with one attached hydrogen (secondary N) is 1. The second-order valence-electron chi connectivity index (χ2n) is 3.29. The van der Waals surface area contributed by atoms with Gasteiger partial charge in [0.05, 0.1) is 24.2 Å². The summed E-state index contributed by atoms with van der Waals surface area (Å²) in [5.41, 5.74) is 1.03. The Morgan fingerprint density at radius 1 is 1.73 bits per heavy atom. The molecule has 0 aliphatic carbocycles. The van der Waals surface area contributed by atoms with Crippen LogP contribution in [0.15, 0.2) is 5.38 Å². The largest absolute Gasteiger partial charge is 0.469 e. The molecule has 0 bridgehead atoms. The molecular formula is C10H16N2O2S. The van der Waals surface area contributed by atoms with Crippen LogP contribution in [-0.2, 0) is 9.53 Å². The number of carbonyl (C=O) groups is 1. The topological polar surface area (TPSA) is 51.2 Å².